The summed E-state index contributed by atoms with van der Waals surface area (Å²) in [6.45, 7) is 3.97. The lowest BCUT2D eigenvalue weighted by Crippen LogP contribution is -2.12. The molecule has 0 spiro atoms. The standard InChI is InChI=1S/C15H15BrCl2N2O/c1-10(5-12(16)9-20-15(21)19-2)3-4-11-6-13(17)8-14(18)7-11/h5-9H,1,3-4H2,2H3,(H,19,21)/b12-5+,20-9-. The molecule has 0 aliphatic carbocycles. The fraction of sp³-hybridized carbons (Fsp3) is 0.200. The Hall–Kier alpha value is -1.10. The Morgan fingerprint density at radius 3 is 2.57 bits per heavy atom. The number of urea groups is 1. The SMILES string of the molecule is C=C(/C=C(Br)\C=N/C(=O)NC)CCc1cc(Cl)cc(Cl)c1. The molecular weight excluding hydrogens is 375 g/mol. The predicted molar refractivity (Wildman–Crippen MR) is 93.9 cm³/mol. The molecule has 1 aromatic carbocycles. The first kappa shape index (κ1) is 18.0. The monoisotopic (exact) mass is 388 g/mol. The Morgan fingerprint density at radius 1 is 1.38 bits per heavy atom. The van der Waals surface area contributed by atoms with Crippen molar-refractivity contribution in [3.8, 4) is 0 Å². The summed E-state index contributed by atoms with van der Waals surface area (Å²) in [6.07, 6.45) is 4.78. The lowest BCUT2D eigenvalue weighted by molar-refractivity contribution is 0.251. The largest absolute Gasteiger partial charge is 0.340 e. The maximum absolute atomic E-state index is 11.0. The molecule has 0 saturated carbocycles. The van der Waals surface area contributed by atoms with Gasteiger partial charge in [-0.05, 0) is 58.6 Å². The quantitative estimate of drug-likeness (QED) is 0.547. The van der Waals surface area contributed by atoms with Gasteiger partial charge in [-0.3, -0.25) is 0 Å². The molecular formula is C15H15BrCl2N2O. The Labute approximate surface area is 142 Å². The van der Waals surface area contributed by atoms with Gasteiger partial charge in [0.05, 0.1) is 0 Å². The Balaban J connectivity index is 2.57. The molecule has 1 N–H and O–H groups in total. The summed E-state index contributed by atoms with van der Waals surface area (Å²) in [5.74, 6) is 0. The summed E-state index contributed by atoms with van der Waals surface area (Å²) < 4.78 is 0.681. The first-order valence-electron chi connectivity index (χ1n) is 6.16. The number of aryl methyl sites for hydroxylation is 1. The molecule has 1 aromatic rings. The van der Waals surface area contributed by atoms with Crippen molar-refractivity contribution in [2.75, 3.05) is 7.05 Å². The second kappa shape index (κ2) is 9.03. The maximum atomic E-state index is 11.0. The third kappa shape index (κ3) is 7.46. The molecule has 2 amide bonds. The van der Waals surface area contributed by atoms with Crippen molar-refractivity contribution in [3.63, 3.8) is 0 Å². The van der Waals surface area contributed by atoms with Crippen molar-refractivity contribution in [2.24, 2.45) is 4.99 Å². The zero-order valence-electron chi connectivity index (χ0n) is 11.5. The molecule has 0 fully saturated rings. The van der Waals surface area contributed by atoms with Crippen molar-refractivity contribution in [1.29, 1.82) is 0 Å². The predicted octanol–water partition coefficient (Wildman–Crippen LogP) is 5.17. The van der Waals surface area contributed by atoms with Crippen LogP contribution in [0, 0.1) is 0 Å². The van der Waals surface area contributed by atoms with Gasteiger partial charge < -0.3 is 5.32 Å². The number of carbonyl (C=O) groups excluding carboxylic acids is 1. The Morgan fingerprint density at radius 2 is 2.00 bits per heavy atom. The Kier molecular flexibility index (Phi) is 7.72. The molecule has 112 valence electrons. The molecule has 0 aromatic heterocycles. The molecule has 21 heavy (non-hydrogen) atoms. The number of aliphatic imine (C=N–C) groups is 1. The van der Waals surface area contributed by atoms with Crippen molar-refractivity contribution in [2.45, 2.75) is 12.8 Å². The van der Waals surface area contributed by atoms with Crippen LogP contribution in [0.1, 0.15) is 12.0 Å². The smallest absolute Gasteiger partial charge is 0.339 e. The van der Waals surface area contributed by atoms with Crippen LogP contribution in [0.3, 0.4) is 0 Å². The van der Waals surface area contributed by atoms with E-state index in [9.17, 15) is 4.79 Å². The van der Waals surface area contributed by atoms with Gasteiger partial charge >= 0.3 is 6.03 Å². The van der Waals surface area contributed by atoms with E-state index < -0.39 is 6.03 Å². The summed E-state index contributed by atoms with van der Waals surface area (Å²) >= 11 is 15.2. The number of halogens is 3. The fourth-order valence-electron chi connectivity index (χ4n) is 1.55. The molecule has 0 unspecified atom stereocenters. The van der Waals surface area contributed by atoms with E-state index in [0.29, 0.717) is 14.5 Å². The van der Waals surface area contributed by atoms with Gasteiger partial charge in [-0.15, -0.1) is 0 Å². The van der Waals surface area contributed by atoms with Crippen LogP contribution in [0.4, 0.5) is 4.79 Å². The third-order valence-corrected chi connectivity index (χ3v) is 3.39. The van der Waals surface area contributed by atoms with Crippen molar-refractivity contribution in [1.82, 2.24) is 5.32 Å². The van der Waals surface area contributed by atoms with Crippen molar-refractivity contribution in [3.05, 3.63) is 56.5 Å². The van der Waals surface area contributed by atoms with E-state index in [4.69, 9.17) is 23.2 Å². The third-order valence-electron chi connectivity index (χ3n) is 2.52. The van der Waals surface area contributed by atoms with Gasteiger partial charge in [0.15, 0.2) is 0 Å². The van der Waals surface area contributed by atoms with E-state index in [1.807, 2.05) is 18.2 Å². The average molecular weight is 390 g/mol. The zero-order valence-corrected chi connectivity index (χ0v) is 14.6. The van der Waals surface area contributed by atoms with E-state index in [0.717, 1.165) is 24.0 Å². The summed E-state index contributed by atoms with van der Waals surface area (Å²) in [4.78, 5) is 14.6. The van der Waals surface area contributed by atoms with Crippen LogP contribution in [-0.4, -0.2) is 19.3 Å². The molecule has 0 radical (unpaired) electrons. The molecule has 0 bridgehead atoms. The minimum atomic E-state index is -0.403. The van der Waals surface area contributed by atoms with Crippen LogP contribution in [-0.2, 0) is 6.42 Å². The molecule has 6 heteroatoms. The fourth-order valence-corrected chi connectivity index (χ4v) is 2.55. The number of hydrogen-bond acceptors (Lipinski definition) is 1. The second-order valence-corrected chi connectivity index (χ2v) is 6.07. The highest BCUT2D eigenvalue weighted by atomic mass is 79.9. The van der Waals surface area contributed by atoms with E-state index in [-0.39, 0.29) is 0 Å². The van der Waals surface area contributed by atoms with Gasteiger partial charge in [0.1, 0.15) is 0 Å². The minimum Gasteiger partial charge on any atom is -0.339 e. The van der Waals surface area contributed by atoms with Gasteiger partial charge in [-0.2, -0.15) is 0 Å². The van der Waals surface area contributed by atoms with Crippen LogP contribution >= 0.6 is 39.1 Å². The highest BCUT2D eigenvalue weighted by molar-refractivity contribution is 9.12. The number of allylic oxidation sites excluding steroid dienone is 3. The normalized spacial score (nSPS) is 11.7. The van der Waals surface area contributed by atoms with E-state index in [1.165, 1.54) is 13.3 Å². The van der Waals surface area contributed by atoms with E-state index in [1.54, 1.807) is 6.07 Å². The van der Waals surface area contributed by atoms with Gasteiger partial charge in [-0.1, -0.05) is 35.4 Å². The van der Waals surface area contributed by atoms with Crippen LogP contribution in [0.5, 0.6) is 0 Å². The molecule has 1 rings (SSSR count). The molecule has 3 nitrogen and oxygen atoms in total. The van der Waals surface area contributed by atoms with Crippen LogP contribution in [0.25, 0.3) is 0 Å². The van der Waals surface area contributed by atoms with E-state index >= 15 is 0 Å². The van der Waals surface area contributed by atoms with Crippen LogP contribution in [0.15, 0.2) is 45.9 Å². The number of nitrogens with one attached hydrogen (secondary N) is 1. The zero-order chi connectivity index (χ0) is 15.8. The van der Waals surface area contributed by atoms with Crippen molar-refractivity contribution < 1.29 is 4.79 Å². The lowest BCUT2D eigenvalue weighted by Gasteiger charge is -2.04. The van der Waals surface area contributed by atoms with Gasteiger partial charge in [0.2, 0.25) is 0 Å². The minimum absolute atomic E-state index is 0.403. The number of benzene rings is 1. The number of nitrogens with zero attached hydrogens (tertiary/aromatic N) is 1. The van der Waals surface area contributed by atoms with Gasteiger partial charge in [-0.25, -0.2) is 9.79 Å². The number of hydrogen-bond donors (Lipinski definition) is 1. The molecule has 0 atom stereocenters. The number of carbonyl (C=O) groups is 1. The lowest BCUT2D eigenvalue weighted by atomic mass is 10.1. The van der Waals surface area contributed by atoms with Crippen molar-refractivity contribution >= 4 is 51.4 Å². The maximum Gasteiger partial charge on any atom is 0.340 e. The molecule has 0 aliphatic heterocycles. The summed E-state index contributed by atoms with van der Waals surface area (Å²) in [5.41, 5.74) is 1.96. The highest BCUT2D eigenvalue weighted by Crippen LogP contribution is 2.21. The average Bonchev–Trinajstić information content (AvgIpc) is 2.41. The topological polar surface area (TPSA) is 41.5 Å². The first-order valence-corrected chi connectivity index (χ1v) is 7.71. The first-order chi connectivity index (χ1) is 9.90. The van der Waals surface area contributed by atoms with E-state index in [2.05, 4.69) is 32.8 Å². The molecule has 0 aliphatic rings. The molecule has 0 heterocycles. The van der Waals surface area contributed by atoms with Crippen LogP contribution < -0.4 is 5.32 Å². The Bertz CT molecular complexity index is 577. The van der Waals surface area contributed by atoms with Crippen LogP contribution in [0.2, 0.25) is 10.0 Å². The van der Waals surface area contributed by atoms with Gasteiger partial charge in [0, 0.05) is 27.8 Å². The number of amides is 2. The summed E-state index contributed by atoms with van der Waals surface area (Å²) in [5, 5.41) is 3.64. The molecule has 0 saturated heterocycles. The highest BCUT2D eigenvalue weighted by Gasteiger charge is 2.00. The number of rotatable bonds is 5. The second-order valence-electron chi connectivity index (χ2n) is 4.28. The van der Waals surface area contributed by atoms with Gasteiger partial charge in [0.25, 0.3) is 0 Å². The summed E-state index contributed by atoms with van der Waals surface area (Å²) in [7, 11) is 1.52. The summed E-state index contributed by atoms with van der Waals surface area (Å²) in [6, 6.07) is 5.06.